The molecule has 0 unspecified atom stereocenters. The Bertz CT molecular complexity index is 1480. The Hall–Kier alpha value is -5.40. The van der Waals surface area contributed by atoms with Gasteiger partial charge in [0.1, 0.15) is 5.82 Å². The zero-order chi connectivity index (χ0) is 35.9. The summed E-state index contributed by atoms with van der Waals surface area (Å²) in [6.07, 6.45) is -10.2. The van der Waals surface area contributed by atoms with Gasteiger partial charge in [-0.15, -0.1) is 0 Å². The van der Waals surface area contributed by atoms with Crippen LogP contribution in [0.5, 0.6) is 11.5 Å². The minimum absolute atomic E-state index is 0.121. The molecule has 0 amide bonds. The predicted molar refractivity (Wildman–Crippen MR) is 146 cm³/mol. The van der Waals surface area contributed by atoms with Crippen LogP contribution in [-0.2, 0) is 35.2 Å². The first-order valence-electron chi connectivity index (χ1n) is 12.6. The molecule has 0 bridgehead atoms. The van der Waals surface area contributed by atoms with Crippen LogP contribution in [0.4, 0.5) is 26.3 Å². The van der Waals surface area contributed by atoms with Crippen LogP contribution in [0.2, 0.25) is 0 Å². The standard InChI is InChI=1S/C23H25N3O7.2C2HF3O2/c1-26(12-21-24-16-6-4-5-7-17(16)25-21)11-18(27)15-8-9-19(32-13-22(28)30-2)20(10-15)33-14-23(29)31-3;2*3-2(4,5)1(6)7/h4-10H,11-14H2,1-3H3,(H,24,25);2*(H,6,7). The van der Waals surface area contributed by atoms with Crippen molar-refractivity contribution in [2.75, 3.05) is 41.0 Å². The van der Waals surface area contributed by atoms with E-state index in [1.54, 1.807) is 6.07 Å². The van der Waals surface area contributed by atoms with Crippen molar-refractivity contribution in [3.05, 3.63) is 53.9 Å². The van der Waals surface area contributed by atoms with Crippen LogP contribution < -0.4 is 9.47 Å². The Balaban J connectivity index is 0.000000658. The summed E-state index contributed by atoms with van der Waals surface area (Å²) in [5.74, 6) is -5.79. The number of ketones is 1. The number of aromatic amines is 1. The molecule has 3 N–H and O–H groups in total. The molecule has 0 aliphatic heterocycles. The third kappa shape index (κ3) is 14.5. The first-order valence-corrected chi connectivity index (χ1v) is 12.6. The van der Waals surface area contributed by atoms with Gasteiger partial charge < -0.3 is 34.1 Å². The molecule has 258 valence electrons. The molecule has 1 heterocycles. The molecule has 47 heavy (non-hydrogen) atoms. The number of carboxylic acid groups (broad SMARTS) is 2. The molecular weight excluding hydrogens is 656 g/mol. The number of rotatable bonds is 11. The number of ether oxygens (including phenoxy) is 4. The molecule has 3 rings (SSSR count). The summed E-state index contributed by atoms with van der Waals surface area (Å²) >= 11 is 0. The van der Waals surface area contributed by atoms with Gasteiger partial charge >= 0.3 is 36.2 Å². The second kappa shape index (κ2) is 17.9. The van der Waals surface area contributed by atoms with Gasteiger partial charge in [0.2, 0.25) is 0 Å². The highest BCUT2D eigenvalue weighted by Crippen LogP contribution is 2.29. The largest absolute Gasteiger partial charge is 0.490 e. The van der Waals surface area contributed by atoms with Crippen molar-refractivity contribution in [1.29, 1.82) is 0 Å². The number of para-hydroxylation sites is 2. The van der Waals surface area contributed by atoms with Crippen molar-refractivity contribution in [1.82, 2.24) is 14.9 Å². The van der Waals surface area contributed by atoms with E-state index in [4.69, 9.17) is 29.3 Å². The normalized spacial score (nSPS) is 10.9. The maximum atomic E-state index is 12.9. The Kier molecular flexibility index (Phi) is 15.1. The van der Waals surface area contributed by atoms with E-state index in [-0.39, 0.29) is 37.0 Å². The van der Waals surface area contributed by atoms with Crippen LogP contribution >= 0.6 is 0 Å². The number of alkyl halides is 6. The lowest BCUT2D eigenvalue weighted by Gasteiger charge is -2.16. The minimum Gasteiger partial charge on any atom is -0.478 e. The van der Waals surface area contributed by atoms with Gasteiger partial charge in [0, 0.05) is 5.56 Å². The number of benzene rings is 2. The van der Waals surface area contributed by atoms with Crippen LogP contribution in [0.1, 0.15) is 16.2 Å². The molecule has 1 aromatic heterocycles. The van der Waals surface area contributed by atoms with Gasteiger partial charge in [-0.1, -0.05) is 12.1 Å². The minimum atomic E-state index is -5.08. The Morgan fingerprint density at radius 1 is 0.809 bits per heavy atom. The summed E-state index contributed by atoms with van der Waals surface area (Å²) in [6, 6.07) is 12.2. The van der Waals surface area contributed by atoms with E-state index in [9.17, 15) is 40.7 Å². The number of nitrogens with one attached hydrogen (secondary N) is 1. The number of esters is 2. The molecule has 0 spiro atoms. The number of carbonyl (C=O) groups is 5. The number of hydrogen-bond donors (Lipinski definition) is 3. The number of aliphatic carboxylic acids is 2. The molecule has 0 saturated heterocycles. The van der Waals surface area contributed by atoms with E-state index in [0.717, 1.165) is 16.9 Å². The number of H-pyrrole nitrogens is 1. The lowest BCUT2D eigenvalue weighted by atomic mass is 10.1. The van der Waals surface area contributed by atoms with Gasteiger partial charge in [0.05, 0.1) is 38.3 Å². The fraction of sp³-hybridized carbons (Fsp3) is 0.333. The Labute approximate surface area is 260 Å². The van der Waals surface area contributed by atoms with E-state index in [1.165, 1.54) is 26.4 Å². The third-order valence-electron chi connectivity index (χ3n) is 5.17. The number of nitrogens with zero attached hydrogens (tertiary/aromatic N) is 2. The zero-order valence-electron chi connectivity index (χ0n) is 24.6. The molecule has 0 aliphatic carbocycles. The van der Waals surface area contributed by atoms with Crippen LogP contribution in [0.3, 0.4) is 0 Å². The number of halogens is 6. The summed E-state index contributed by atoms with van der Waals surface area (Å²) in [6.45, 7) is -0.157. The van der Waals surface area contributed by atoms with E-state index in [2.05, 4.69) is 19.4 Å². The summed E-state index contributed by atoms with van der Waals surface area (Å²) < 4.78 is 83.4. The van der Waals surface area contributed by atoms with Gasteiger partial charge in [-0.3, -0.25) is 9.69 Å². The number of hydrogen-bond acceptors (Lipinski definition) is 11. The van der Waals surface area contributed by atoms with E-state index < -0.39 is 36.2 Å². The summed E-state index contributed by atoms with van der Waals surface area (Å²) in [5, 5.41) is 14.2. The zero-order valence-corrected chi connectivity index (χ0v) is 24.6. The van der Waals surface area contributed by atoms with Gasteiger partial charge in [-0.05, 0) is 37.4 Å². The number of imidazole rings is 1. The van der Waals surface area contributed by atoms with Crippen LogP contribution in [-0.4, -0.2) is 108 Å². The Morgan fingerprint density at radius 3 is 1.77 bits per heavy atom. The number of Topliss-reactive ketones (excluding diaryl/α,β-unsaturated/α-hetero) is 1. The first kappa shape index (κ1) is 39.6. The van der Waals surface area contributed by atoms with Gasteiger partial charge in [-0.25, -0.2) is 24.2 Å². The lowest BCUT2D eigenvalue weighted by molar-refractivity contribution is -0.193. The molecule has 0 atom stereocenters. The van der Waals surface area contributed by atoms with Crippen molar-refractivity contribution in [2.45, 2.75) is 18.9 Å². The van der Waals surface area contributed by atoms with Gasteiger partial charge in [-0.2, -0.15) is 26.3 Å². The van der Waals surface area contributed by atoms with Crippen molar-refractivity contribution < 1.29 is 79.5 Å². The number of likely N-dealkylation sites (N-methyl/N-ethyl adjacent to an activating group) is 1. The fourth-order valence-electron chi connectivity index (χ4n) is 3.03. The first-order chi connectivity index (χ1) is 21.8. The quantitative estimate of drug-likeness (QED) is 0.152. The SMILES string of the molecule is COC(=O)COc1ccc(C(=O)CN(C)Cc2nc3ccccc3[nH]2)cc1OCC(=O)OC.O=C(O)C(F)(F)F.O=C(O)C(F)(F)F. The maximum Gasteiger partial charge on any atom is 0.490 e. The molecular formula is C27H27F6N3O11. The average molecular weight is 684 g/mol. The van der Waals surface area contributed by atoms with Crippen molar-refractivity contribution in [3.63, 3.8) is 0 Å². The van der Waals surface area contributed by atoms with Gasteiger partial charge in [0.15, 0.2) is 30.5 Å². The summed E-state index contributed by atoms with van der Waals surface area (Å²) in [7, 11) is 4.29. The number of methoxy groups -OCH3 is 2. The summed E-state index contributed by atoms with van der Waals surface area (Å²) in [4.78, 5) is 63.1. The monoisotopic (exact) mass is 683 g/mol. The van der Waals surface area contributed by atoms with Crippen molar-refractivity contribution in [3.8, 4) is 11.5 Å². The topological polar surface area (TPSA) is 195 Å². The molecule has 2 aromatic carbocycles. The van der Waals surface area contributed by atoms with Crippen LogP contribution in [0, 0.1) is 0 Å². The van der Waals surface area contributed by atoms with Crippen LogP contribution in [0.25, 0.3) is 11.0 Å². The second-order valence-electron chi connectivity index (χ2n) is 8.79. The van der Waals surface area contributed by atoms with Crippen molar-refractivity contribution in [2.24, 2.45) is 0 Å². The average Bonchev–Trinajstić information content (AvgIpc) is 3.40. The van der Waals surface area contributed by atoms with Gasteiger partial charge in [0.25, 0.3) is 0 Å². The molecule has 0 radical (unpaired) electrons. The predicted octanol–water partition coefficient (Wildman–Crippen LogP) is 3.25. The molecule has 0 fully saturated rings. The molecule has 20 heteroatoms. The van der Waals surface area contributed by atoms with E-state index in [0.29, 0.717) is 12.1 Å². The summed E-state index contributed by atoms with van der Waals surface area (Å²) in [5.41, 5.74) is 2.15. The molecule has 0 saturated carbocycles. The van der Waals surface area contributed by atoms with E-state index >= 15 is 0 Å². The van der Waals surface area contributed by atoms with Crippen molar-refractivity contribution >= 4 is 40.7 Å². The maximum absolute atomic E-state index is 12.9. The Morgan fingerprint density at radius 2 is 1.30 bits per heavy atom. The number of carboxylic acids is 2. The van der Waals surface area contributed by atoms with Crippen LogP contribution in [0.15, 0.2) is 42.5 Å². The highest BCUT2D eigenvalue weighted by molar-refractivity contribution is 5.98. The highest BCUT2D eigenvalue weighted by atomic mass is 19.4. The molecule has 14 nitrogen and oxygen atoms in total. The number of fused-ring (bicyclic) bond motifs is 1. The van der Waals surface area contributed by atoms with E-state index in [1.807, 2.05) is 36.2 Å². The lowest BCUT2D eigenvalue weighted by Crippen LogP contribution is -2.26. The molecule has 3 aromatic rings. The smallest absolute Gasteiger partial charge is 0.478 e. The fourth-order valence-corrected chi connectivity index (χ4v) is 3.03. The molecule has 0 aliphatic rings. The number of carbonyl (C=O) groups excluding carboxylic acids is 3. The number of aromatic nitrogens is 2. The third-order valence-corrected chi connectivity index (χ3v) is 5.17. The second-order valence-corrected chi connectivity index (χ2v) is 8.79. The highest BCUT2D eigenvalue weighted by Gasteiger charge is 2.38.